The summed E-state index contributed by atoms with van der Waals surface area (Å²) in [7, 11) is 0. The van der Waals surface area contributed by atoms with E-state index in [-0.39, 0.29) is 12.2 Å². The van der Waals surface area contributed by atoms with Gasteiger partial charge >= 0.3 is 0 Å². The number of hydrogen-bond acceptors (Lipinski definition) is 1. The molecule has 1 aliphatic heterocycles. The number of halogens is 4. The molecule has 1 heterocycles. The molecule has 1 saturated heterocycles. The lowest BCUT2D eigenvalue weighted by Gasteiger charge is -2.20. The molecular formula is C10H8F4O. The van der Waals surface area contributed by atoms with Crippen LogP contribution in [0.5, 0.6) is 0 Å². The Morgan fingerprint density at radius 3 is 2.33 bits per heavy atom. The zero-order chi connectivity index (χ0) is 11.3. The number of alkyl halides is 2. The van der Waals surface area contributed by atoms with Gasteiger partial charge in [-0.2, -0.15) is 0 Å². The molecule has 1 atom stereocenters. The van der Waals surface area contributed by atoms with E-state index in [4.69, 9.17) is 0 Å². The second-order valence-corrected chi connectivity index (χ2v) is 3.63. The third kappa shape index (κ3) is 1.51. The predicted octanol–water partition coefficient (Wildman–Crippen LogP) is 2.85. The molecule has 82 valence electrons. The molecule has 1 aromatic rings. The van der Waals surface area contributed by atoms with Crippen LogP contribution in [0, 0.1) is 11.6 Å². The molecule has 0 radical (unpaired) electrons. The average molecular weight is 220 g/mol. The van der Waals surface area contributed by atoms with E-state index in [1.54, 1.807) is 0 Å². The summed E-state index contributed by atoms with van der Waals surface area (Å²) in [5.41, 5.74) is -2.21. The van der Waals surface area contributed by atoms with Crippen molar-refractivity contribution < 1.29 is 22.3 Å². The number of rotatable bonds is 2. The Labute approximate surface area is 83.7 Å². The van der Waals surface area contributed by atoms with Crippen molar-refractivity contribution in [2.45, 2.75) is 18.4 Å². The van der Waals surface area contributed by atoms with E-state index in [1.165, 1.54) is 0 Å². The Morgan fingerprint density at radius 2 is 1.93 bits per heavy atom. The second kappa shape index (κ2) is 2.95. The van der Waals surface area contributed by atoms with E-state index in [2.05, 4.69) is 4.74 Å². The maximum Gasteiger partial charge on any atom is 0.280 e. The van der Waals surface area contributed by atoms with E-state index in [1.807, 2.05) is 0 Å². The minimum atomic E-state index is -3.19. The Morgan fingerprint density at radius 1 is 1.33 bits per heavy atom. The van der Waals surface area contributed by atoms with E-state index in [0.29, 0.717) is 13.0 Å². The molecule has 5 heteroatoms. The molecule has 1 aliphatic rings. The third-order valence-electron chi connectivity index (χ3n) is 2.51. The van der Waals surface area contributed by atoms with E-state index >= 15 is 0 Å². The lowest BCUT2D eigenvalue weighted by atomic mass is 9.93. The van der Waals surface area contributed by atoms with Crippen LogP contribution in [0.4, 0.5) is 17.6 Å². The van der Waals surface area contributed by atoms with Gasteiger partial charge in [0.25, 0.3) is 5.92 Å². The fraction of sp³-hybridized carbons (Fsp3) is 0.400. The number of benzene rings is 1. The van der Waals surface area contributed by atoms with Crippen LogP contribution in [0.3, 0.4) is 0 Å². The zero-order valence-corrected chi connectivity index (χ0v) is 7.86. The molecule has 1 nitrogen and oxygen atoms in total. The smallest absolute Gasteiger partial charge is 0.280 e. The van der Waals surface area contributed by atoms with Crippen LogP contribution in [0.2, 0.25) is 0 Å². The van der Waals surface area contributed by atoms with Gasteiger partial charge in [0.05, 0.1) is 6.61 Å². The standard InChI is InChI=1S/C10H8F4O/c1-9(13,14)10(5-15-10)7-3-2-6(11)4-8(7)12/h2-4H,5H2,1H3. The van der Waals surface area contributed by atoms with Gasteiger partial charge in [0.2, 0.25) is 0 Å². The fourth-order valence-electron chi connectivity index (χ4n) is 1.53. The lowest BCUT2D eigenvalue weighted by Crippen LogP contribution is -2.32. The van der Waals surface area contributed by atoms with Crippen LogP contribution in [-0.4, -0.2) is 12.5 Å². The predicted molar refractivity (Wildman–Crippen MR) is 44.6 cm³/mol. The first-order chi connectivity index (χ1) is 6.87. The van der Waals surface area contributed by atoms with Crippen molar-refractivity contribution in [2.75, 3.05) is 6.61 Å². The molecule has 0 N–H and O–H groups in total. The summed E-state index contributed by atoms with van der Waals surface area (Å²) in [5, 5.41) is 0. The quantitative estimate of drug-likeness (QED) is 0.551. The van der Waals surface area contributed by atoms with Crippen LogP contribution >= 0.6 is 0 Å². The fourth-order valence-corrected chi connectivity index (χ4v) is 1.53. The van der Waals surface area contributed by atoms with Gasteiger partial charge < -0.3 is 4.74 Å². The van der Waals surface area contributed by atoms with Crippen LogP contribution in [0.1, 0.15) is 12.5 Å². The highest BCUT2D eigenvalue weighted by Crippen LogP contribution is 2.51. The first kappa shape index (κ1) is 10.4. The van der Waals surface area contributed by atoms with E-state index in [0.717, 1.165) is 12.1 Å². The highest BCUT2D eigenvalue weighted by molar-refractivity contribution is 5.31. The highest BCUT2D eigenvalue weighted by atomic mass is 19.3. The summed E-state index contributed by atoms with van der Waals surface area (Å²) >= 11 is 0. The van der Waals surface area contributed by atoms with E-state index in [9.17, 15) is 17.6 Å². The Kier molecular flexibility index (Phi) is 2.05. The van der Waals surface area contributed by atoms with E-state index < -0.39 is 23.2 Å². The number of hydrogen-bond donors (Lipinski definition) is 0. The van der Waals surface area contributed by atoms with Gasteiger partial charge in [0, 0.05) is 18.6 Å². The molecule has 1 unspecified atom stereocenters. The normalized spacial score (nSPS) is 25.4. The first-order valence-electron chi connectivity index (χ1n) is 4.34. The average Bonchev–Trinajstić information content (AvgIpc) is 2.83. The zero-order valence-electron chi connectivity index (χ0n) is 7.86. The first-order valence-corrected chi connectivity index (χ1v) is 4.34. The topological polar surface area (TPSA) is 12.5 Å². The summed E-state index contributed by atoms with van der Waals surface area (Å²) in [5.74, 6) is -4.99. The summed E-state index contributed by atoms with van der Waals surface area (Å²) in [4.78, 5) is 0. The Hall–Kier alpha value is -1.10. The maximum absolute atomic E-state index is 13.3. The van der Waals surface area contributed by atoms with Gasteiger partial charge in [0.15, 0.2) is 5.60 Å². The molecule has 15 heavy (non-hydrogen) atoms. The summed E-state index contributed by atoms with van der Waals surface area (Å²) in [6.45, 7) is 0.405. The monoisotopic (exact) mass is 220 g/mol. The summed E-state index contributed by atoms with van der Waals surface area (Å²) in [6.07, 6.45) is 0. The van der Waals surface area contributed by atoms with Crippen molar-refractivity contribution >= 4 is 0 Å². The van der Waals surface area contributed by atoms with Crippen LogP contribution < -0.4 is 0 Å². The van der Waals surface area contributed by atoms with Crippen molar-refractivity contribution in [1.82, 2.24) is 0 Å². The third-order valence-corrected chi connectivity index (χ3v) is 2.51. The number of ether oxygens (including phenoxy) is 1. The van der Waals surface area contributed by atoms with Gasteiger partial charge in [-0.3, -0.25) is 0 Å². The summed E-state index contributed by atoms with van der Waals surface area (Å²) in [6, 6.07) is 2.51. The number of epoxide rings is 1. The second-order valence-electron chi connectivity index (χ2n) is 3.63. The van der Waals surface area contributed by atoms with Crippen LogP contribution in [-0.2, 0) is 10.3 Å². The lowest BCUT2D eigenvalue weighted by molar-refractivity contribution is -0.0622. The molecule has 0 bridgehead atoms. The van der Waals surface area contributed by atoms with Crippen molar-refractivity contribution in [2.24, 2.45) is 0 Å². The minimum Gasteiger partial charge on any atom is -0.358 e. The molecule has 1 fully saturated rings. The van der Waals surface area contributed by atoms with Crippen molar-refractivity contribution in [3.63, 3.8) is 0 Å². The molecule has 1 aromatic carbocycles. The SMILES string of the molecule is CC(F)(F)C1(c2ccc(F)cc2F)CO1. The molecule has 0 amide bonds. The largest absolute Gasteiger partial charge is 0.358 e. The van der Waals surface area contributed by atoms with Gasteiger partial charge in [0.1, 0.15) is 11.6 Å². The molecule has 0 spiro atoms. The van der Waals surface area contributed by atoms with Crippen molar-refractivity contribution in [3.8, 4) is 0 Å². The molecule has 0 aliphatic carbocycles. The van der Waals surface area contributed by atoms with Gasteiger partial charge in [-0.05, 0) is 12.1 Å². The molecule has 2 rings (SSSR count). The van der Waals surface area contributed by atoms with Crippen molar-refractivity contribution in [1.29, 1.82) is 0 Å². The molecule has 0 aromatic heterocycles. The van der Waals surface area contributed by atoms with Crippen LogP contribution in [0.15, 0.2) is 18.2 Å². The highest BCUT2D eigenvalue weighted by Gasteiger charge is 2.63. The maximum atomic E-state index is 13.3. The summed E-state index contributed by atoms with van der Waals surface area (Å²) < 4.78 is 56.8. The Bertz CT molecular complexity index is 393. The minimum absolute atomic E-state index is 0.251. The van der Waals surface area contributed by atoms with Gasteiger partial charge in [-0.1, -0.05) is 0 Å². The van der Waals surface area contributed by atoms with Crippen LogP contribution in [0.25, 0.3) is 0 Å². The van der Waals surface area contributed by atoms with Crippen molar-refractivity contribution in [3.05, 3.63) is 35.4 Å². The molecular weight excluding hydrogens is 212 g/mol. The Balaban J connectivity index is 2.47. The van der Waals surface area contributed by atoms with Gasteiger partial charge in [-0.25, -0.2) is 17.6 Å². The molecule has 0 saturated carbocycles. The van der Waals surface area contributed by atoms with Gasteiger partial charge in [-0.15, -0.1) is 0 Å².